The number of methoxy groups -OCH3 is 1. The summed E-state index contributed by atoms with van der Waals surface area (Å²) >= 11 is 0. The highest BCUT2D eigenvalue weighted by Gasteiger charge is 2.21. The topological polar surface area (TPSA) is 87.7 Å². The lowest BCUT2D eigenvalue weighted by molar-refractivity contribution is 0.252. The number of carbonyl (C=O) groups is 1. The fourth-order valence-corrected chi connectivity index (χ4v) is 3.35. The number of amides is 2. The molecule has 2 aromatic carbocycles. The summed E-state index contributed by atoms with van der Waals surface area (Å²) in [5, 5.41) is 5.34. The number of carbonyl (C=O) groups excluding carboxylic acids is 1. The van der Waals surface area contributed by atoms with Crippen LogP contribution in [0.3, 0.4) is 0 Å². The van der Waals surface area contributed by atoms with Crippen LogP contribution in [-0.4, -0.2) is 40.9 Å². The van der Waals surface area contributed by atoms with E-state index in [1.165, 1.54) is 11.4 Å². The first kappa shape index (κ1) is 19.6. The third-order valence-electron chi connectivity index (χ3n) is 3.64. The molecule has 2 amide bonds. The molecule has 0 heterocycles. The average molecular weight is 377 g/mol. The third kappa shape index (κ3) is 5.38. The number of ether oxygens (including phenoxy) is 1. The monoisotopic (exact) mass is 377 g/mol. The minimum Gasteiger partial charge on any atom is -0.495 e. The van der Waals surface area contributed by atoms with E-state index in [0.717, 1.165) is 11.8 Å². The van der Waals surface area contributed by atoms with Crippen LogP contribution < -0.4 is 19.7 Å². The first-order valence-corrected chi connectivity index (χ1v) is 9.88. The first-order chi connectivity index (χ1) is 12.3. The summed E-state index contributed by atoms with van der Waals surface area (Å²) < 4.78 is 30.9. The van der Waals surface area contributed by atoms with Crippen LogP contribution in [0.4, 0.5) is 16.2 Å². The Kier molecular flexibility index (Phi) is 6.46. The van der Waals surface area contributed by atoms with Gasteiger partial charge in [0.1, 0.15) is 5.75 Å². The highest BCUT2D eigenvalue weighted by atomic mass is 32.2. The molecular weight excluding hydrogens is 354 g/mol. The van der Waals surface area contributed by atoms with Gasteiger partial charge in [-0.25, -0.2) is 13.2 Å². The van der Waals surface area contributed by atoms with E-state index in [1.807, 2.05) is 31.2 Å². The molecule has 8 heteroatoms. The summed E-state index contributed by atoms with van der Waals surface area (Å²) in [6.45, 7) is 2.10. The van der Waals surface area contributed by atoms with Crippen molar-refractivity contribution in [3.63, 3.8) is 0 Å². The number of aryl methyl sites for hydroxylation is 1. The molecule has 0 saturated heterocycles. The molecule has 0 aliphatic rings. The summed E-state index contributed by atoms with van der Waals surface area (Å²) in [6, 6.07) is 13.9. The summed E-state index contributed by atoms with van der Waals surface area (Å²) in [6.07, 6.45) is 1.12. The Balaban J connectivity index is 2.06. The Hall–Kier alpha value is -2.74. The predicted molar refractivity (Wildman–Crippen MR) is 103 cm³/mol. The van der Waals surface area contributed by atoms with Gasteiger partial charge in [-0.1, -0.05) is 24.3 Å². The summed E-state index contributed by atoms with van der Waals surface area (Å²) in [5.41, 5.74) is 2.01. The molecule has 0 aliphatic carbocycles. The number of rotatable bonds is 7. The largest absolute Gasteiger partial charge is 0.495 e. The molecule has 0 atom stereocenters. The fraction of sp³-hybridized carbons (Fsp3) is 0.278. The first-order valence-electron chi connectivity index (χ1n) is 8.03. The van der Waals surface area contributed by atoms with Crippen molar-refractivity contribution in [3.05, 3.63) is 54.1 Å². The highest BCUT2D eigenvalue weighted by Crippen LogP contribution is 2.30. The molecule has 2 aromatic rings. The standard InChI is InChI=1S/C18H23N3O4S/c1-14-9-10-17(25-2)16(13-14)21(26(3,23)24)12-11-19-18(22)20-15-7-5-4-6-8-15/h4-10,13H,11-12H2,1-3H3,(H2,19,20,22). The van der Waals surface area contributed by atoms with Crippen LogP contribution in [0.5, 0.6) is 5.75 Å². The molecule has 0 aromatic heterocycles. The van der Waals surface area contributed by atoms with Crippen molar-refractivity contribution in [2.45, 2.75) is 6.92 Å². The van der Waals surface area contributed by atoms with Gasteiger partial charge >= 0.3 is 6.03 Å². The molecule has 0 spiro atoms. The van der Waals surface area contributed by atoms with Crippen molar-refractivity contribution in [2.24, 2.45) is 0 Å². The Labute approximate surface area is 154 Å². The smallest absolute Gasteiger partial charge is 0.319 e. The minimum absolute atomic E-state index is 0.0842. The van der Waals surface area contributed by atoms with Crippen LogP contribution in [0.2, 0.25) is 0 Å². The molecule has 2 N–H and O–H groups in total. The third-order valence-corrected chi connectivity index (χ3v) is 4.82. The maximum atomic E-state index is 12.2. The predicted octanol–water partition coefficient (Wildman–Crippen LogP) is 2.59. The number of para-hydroxylation sites is 1. The Morgan fingerprint density at radius 1 is 1.15 bits per heavy atom. The summed E-state index contributed by atoms with van der Waals surface area (Å²) in [7, 11) is -2.06. The van der Waals surface area contributed by atoms with Gasteiger partial charge in [0.15, 0.2) is 0 Å². The molecule has 0 unspecified atom stereocenters. The van der Waals surface area contributed by atoms with Gasteiger partial charge in [-0.3, -0.25) is 4.31 Å². The lowest BCUT2D eigenvalue weighted by atomic mass is 10.2. The Bertz CT molecular complexity index is 854. The average Bonchev–Trinajstić information content (AvgIpc) is 2.58. The zero-order valence-electron chi connectivity index (χ0n) is 15.0. The number of benzene rings is 2. The number of nitrogens with zero attached hydrogens (tertiary/aromatic N) is 1. The van der Waals surface area contributed by atoms with Crippen LogP contribution >= 0.6 is 0 Å². The van der Waals surface area contributed by atoms with E-state index in [1.54, 1.807) is 24.3 Å². The fourth-order valence-electron chi connectivity index (χ4n) is 2.43. The summed E-state index contributed by atoms with van der Waals surface area (Å²) in [5.74, 6) is 0.453. The second-order valence-corrected chi connectivity index (χ2v) is 7.66. The van der Waals surface area contributed by atoms with Crippen molar-refractivity contribution in [3.8, 4) is 5.75 Å². The van der Waals surface area contributed by atoms with Crippen molar-refractivity contribution in [1.82, 2.24) is 5.32 Å². The molecular formula is C18H23N3O4S. The van der Waals surface area contributed by atoms with Gasteiger partial charge in [-0.15, -0.1) is 0 Å². The van der Waals surface area contributed by atoms with Crippen molar-refractivity contribution >= 4 is 27.4 Å². The Morgan fingerprint density at radius 2 is 1.85 bits per heavy atom. The van der Waals surface area contributed by atoms with Crippen LogP contribution in [-0.2, 0) is 10.0 Å². The maximum Gasteiger partial charge on any atom is 0.319 e. The molecule has 0 radical (unpaired) electrons. The number of anilines is 2. The van der Waals surface area contributed by atoms with Crippen LogP contribution in [0.25, 0.3) is 0 Å². The van der Waals surface area contributed by atoms with Gasteiger partial charge in [-0.05, 0) is 36.8 Å². The number of hydrogen-bond acceptors (Lipinski definition) is 4. The van der Waals surface area contributed by atoms with Gasteiger partial charge in [0.25, 0.3) is 0 Å². The van der Waals surface area contributed by atoms with Crippen molar-refractivity contribution in [1.29, 1.82) is 0 Å². The normalized spacial score (nSPS) is 10.9. The van der Waals surface area contributed by atoms with Gasteiger partial charge in [0, 0.05) is 12.2 Å². The molecule has 0 saturated carbocycles. The van der Waals surface area contributed by atoms with E-state index >= 15 is 0 Å². The number of hydrogen-bond donors (Lipinski definition) is 2. The second-order valence-electron chi connectivity index (χ2n) is 5.76. The molecule has 140 valence electrons. The SMILES string of the molecule is COc1ccc(C)cc1N(CCNC(=O)Nc1ccccc1)S(C)(=O)=O. The lowest BCUT2D eigenvalue weighted by Crippen LogP contribution is -2.39. The summed E-state index contributed by atoms with van der Waals surface area (Å²) in [4.78, 5) is 11.9. The quantitative estimate of drug-likeness (QED) is 0.776. The molecule has 2 rings (SSSR count). The molecule has 0 fully saturated rings. The number of sulfonamides is 1. The van der Waals surface area contributed by atoms with Crippen molar-refractivity contribution in [2.75, 3.05) is 36.1 Å². The van der Waals surface area contributed by atoms with Gasteiger partial charge in [0.2, 0.25) is 10.0 Å². The van der Waals surface area contributed by atoms with E-state index in [-0.39, 0.29) is 13.1 Å². The van der Waals surface area contributed by atoms with Gasteiger partial charge < -0.3 is 15.4 Å². The van der Waals surface area contributed by atoms with E-state index in [0.29, 0.717) is 17.1 Å². The maximum absolute atomic E-state index is 12.2. The molecule has 7 nitrogen and oxygen atoms in total. The van der Waals surface area contributed by atoms with E-state index in [4.69, 9.17) is 4.74 Å². The van der Waals surface area contributed by atoms with Gasteiger partial charge in [-0.2, -0.15) is 0 Å². The highest BCUT2D eigenvalue weighted by molar-refractivity contribution is 7.92. The molecule has 0 aliphatic heterocycles. The van der Waals surface area contributed by atoms with E-state index in [9.17, 15) is 13.2 Å². The van der Waals surface area contributed by atoms with Crippen LogP contribution in [0.1, 0.15) is 5.56 Å². The zero-order valence-corrected chi connectivity index (χ0v) is 15.8. The van der Waals surface area contributed by atoms with E-state index in [2.05, 4.69) is 10.6 Å². The van der Waals surface area contributed by atoms with Crippen LogP contribution in [0.15, 0.2) is 48.5 Å². The lowest BCUT2D eigenvalue weighted by Gasteiger charge is -2.24. The molecule has 26 heavy (non-hydrogen) atoms. The number of urea groups is 1. The minimum atomic E-state index is -3.54. The van der Waals surface area contributed by atoms with Gasteiger partial charge in [0.05, 0.1) is 25.6 Å². The molecule has 0 bridgehead atoms. The number of nitrogens with one attached hydrogen (secondary N) is 2. The zero-order chi connectivity index (χ0) is 19.2. The van der Waals surface area contributed by atoms with E-state index < -0.39 is 16.1 Å². The second kappa shape index (κ2) is 8.57. The van der Waals surface area contributed by atoms with Crippen LogP contribution in [0, 0.1) is 6.92 Å². The van der Waals surface area contributed by atoms with Crippen molar-refractivity contribution < 1.29 is 17.9 Å². The Morgan fingerprint density at radius 3 is 2.46 bits per heavy atom.